The minimum absolute atomic E-state index is 0.0471. The first-order valence-electron chi connectivity index (χ1n) is 13.4. The zero-order chi connectivity index (χ0) is 27.9. The second kappa shape index (κ2) is 12.9. The van der Waals surface area contributed by atoms with Crippen LogP contribution in [0.1, 0.15) is 69.3 Å². The fourth-order valence-corrected chi connectivity index (χ4v) is 4.57. The molecule has 206 valence electrons. The molecule has 2 aromatic carbocycles. The van der Waals surface area contributed by atoms with Gasteiger partial charge in [0.2, 0.25) is 11.8 Å². The van der Waals surface area contributed by atoms with Crippen molar-refractivity contribution in [1.29, 1.82) is 0 Å². The molecule has 1 aliphatic heterocycles. The molecule has 2 unspecified atom stereocenters. The van der Waals surface area contributed by atoms with Crippen molar-refractivity contribution in [3.05, 3.63) is 59.7 Å². The molecule has 0 saturated carbocycles. The van der Waals surface area contributed by atoms with Gasteiger partial charge in [0.15, 0.2) is 0 Å². The maximum atomic E-state index is 13.3. The summed E-state index contributed by atoms with van der Waals surface area (Å²) in [5.41, 5.74) is 1.70. The Morgan fingerprint density at radius 1 is 1.11 bits per heavy atom. The SMILES string of the molecule is CC(CC(O)[C@H](Cc1ccccc1)NC(=O)c1cc(O)cc(N2CCCC2=O)c1)C(=O)NCCC(C)(C)C. The molecule has 1 fully saturated rings. The summed E-state index contributed by atoms with van der Waals surface area (Å²) in [6.45, 7) is 9.21. The van der Waals surface area contributed by atoms with Gasteiger partial charge in [-0.3, -0.25) is 14.4 Å². The molecular weight excluding hydrogens is 482 g/mol. The average molecular weight is 524 g/mol. The van der Waals surface area contributed by atoms with Crippen LogP contribution in [0.25, 0.3) is 0 Å². The van der Waals surface area contributed by atoms with Crippen LogP contribution in [0.5, 0.6) is 5.75 Å². The fourth-order valence-electron chi connectivity index (χ4n) is 4.57. The molecule has 38 heavy (non-hydrogen) atoms. The second-order valence-electron chi connectivity index (χ2n) is 11.5. The lowest BCUT2D eigenvalue weighted by Gasteiger charge is -2.27. The molecule has 4 N–H and O–H groups in total. The molecule has 3 rings (SSSR count). The number of nitrogens with zero attached hydrogens (tertiary/aromatic N) is 1. The van der Waals surface area contributed by atoms with E-state index in [1.165, 1.54) is 12.1 Å². The van der Waals surface area contributed by atoms with Gasteiger partial charge >= 0.3 is 0 Å². The zero-order valence-corrected chi connectivity index (χ0v) is 22.9. The van der Waals surface area contributed by atoms with Gasteiger partial charge in [-0.25, -0.2) is 0 Å². The van der Waals surface area contributed by atoms with E-state index in [0.29, 0.717) is 31.6 Å². The first-order chi connectivity index (χ1) is 17.9. The molecule has 1 aliphatic rings. The number of anilines is 1. The molecule has 3 atom stereocenters. The molecule has 1 saturated heterocycles. The van der Waals surface area contributed by atoms with Crippen molar-refractivity contribution < 1.29 is 24.6 Å². The van der Waals surface area contributed by atoms with Gasteiger partial charge in [0.1, 0.15) is 5.75 Å². The molecular formula is C30H41N3O5. The Kier molecular flexibility index (Phi) is 9.91. The predicted molar refractivity (Wildman–Crippen MR) is 148 cm³/mol. The summed E-state index contributed by atoms with van der Waals surface area (Å²) in [6.07, 6.45) is 1.55. The van der Waals surface area contributed by atoms with Crippen LogP contribution in [0.15, 0.2) is 48.5 Å². The van der Waals surface area contributed by atoms with Crippen LogP contribution >= 0.6 is 0 Å². The Balaban J connectivity index is 1.73. The molecule has 8 heteroatoms. The molecule has 0 aromatic heterocycles. The van der Waals surface area contributed by atoms with Gasteiger partial charge in [-0.15, -0.1) is 0 Å². The van der Waals surface area contributed by atoms with Gasteiger partial charge < -0.3 is 25.7 Å². The largest absolute Gasteiger partial charge is 0.508 e. The van der Waals surface area contributed by atoms with Crippen LogP contribution in [0.4, 0.5) is 5.69 Å². The van der Waals surface area contributed by atoms with E-state index in [2.05, 4.69) is 31.4 Å². The van der Waals surface area contributed by atoms with Crippen molar-refractivity contribution in [2.75, 3.05) is 18.0 Å². The predicted octanol–water partition coefficient (Wildman–Crippen LogP) is 3.80. The Labute approximate surface area is 225 Å². The van der Waals surface area contributed by atoms with E-state index in [9.17, 15) is 24.6 Å². The Bertz CT molecular complexity index is 1110. The number of hydrogen-bond acceptors (Lipinski definition) is 5. The topological polar surface area (TPSA) is 119 Å². The van der Waals surface area contributed by atoms with Crippen LogP contribution < -0.4 is 15.5 Å². The first-order valence-corrected chi connectivity index (χ1v) is 13.4. The van der Waals surface area contributed by atoms with Crippen LogP contribution in [0.2, 0.25) is 0 Å². The number of phenols is 1. The smallest absolute Gasteiger partial charge is 0.251 e. The highest BCUT2D eigenvalue weighted by Crippen LogP contribution is 2.27. The highest BCUT2D eigenvalue weighted by molar-refractivity contribution is 5.99. The van der Waals surface area contributed by atoms with Crippen molar-refractivity contribution >= 4 is 23.4 Å². The summed E-state index contributed by atoms with van der Waals surface area (Å²) < 4.78 is 0. The third kappa shape index (κ3) is 8.58. The summed E-state index contributed by atoms with van der Waals surface area (Å²) in [7, 11) is 0. The number of carbonyl (C=O) groups excluding carboxylic acids is 3. The van der Waals surface area contributed by atoms with E-state index in [1.807, 2.05) is 30.3 Å². The van der Waals surface area contributed by atoms with E-state index in [1.54, 1.807) is 17.9 Å². The minimum atomic E-state index is -0.987. The van der Waals surface area contributed by atoms with Gasteiger partial charge in [0.25, 0.3) is 5.91 Å². The Morgan fingerprint density at radius 3 is 2.45 bits per heavy atom. The fraction of sp³-hybridized carbons (Fsp3) is 0.500. The van der Waals surface area contributed by atoms with Crippen LogP contribution in [-0.2, 0) is 16.0 Å². The number of benzene rings is 2. The van der Waals surface area contributed by atoms with Gasteiger partial charge in [-0.05, 0) is 48.8 Å². The number of carbonyl (C=O) groups is 3. The third-order valence-corrected chi connectivity index (χ3v) is 6.85. The van der Waals surface area contributed by atoms with Crippen LogP contribution in [0, 0.1) is 11.3 Å². The molecule has 1 heterocycles. The summed E-state index contributed by atoms with van der Waals surface area (Å²) in [5, 5.41) is 27.3. The number of rotatable bonds is 11. The highest BCUT2D eigenvalue weighted by Gasteiger charge is 2.28. The lowest BCUT2D eigenvalue weighted by Crippen LogP contribution is -2.46. The molecule has 8 nitrogen and oxygen atoms in total. The van der Waals surface area contributed by atoms with Crippen molar-refractivity contribution in [1.82, 2.24) is 10.6 Å². The van der Waals surface area contributed by atoms with Crippen molar-refractivity contribution in [2.24, 2.45) is 11.3 Å². The third-order valence-electron chi connectivity index (χ3n) is 6.85. The van der Waals surface area contributed by atoms with Crippen molar-refractivity contribution in [2.45, 2.75) is 71.9 Å². The normalized spacial score (nSPS) is 16.1. The number of aliphatic hydroxyl groups is 1. The van der Waals surface area contributed by atoms with E-state index in [0.717, 1.165) is 18.4 Å². The van der Waals surface area contributed by atoms with E-state index in [-0.39, 0.29) is 35.0 Å². The average Bonchev–Trinajstić information content (AvgIpc) is 3.28. The second-order valence-corrected chi connectivity index (χ2v) is 11.5. The number of aromatic hydroxyl groups is 1. The lowest BCUT2D eigenvalue weighted by molar-refractivity contribution is -0.125. The molecule has 3 amide bonds. The Hall–Kier alpha value is -3.39. The number of nitrogens with one attached hydrogen (secondary N) is 2. The highest BCUT2D eigenvalue weighted by atomic mass is 16.3. The summed E-state index contributed by atoms with van der Waals surface area (Å²) in [5.74, 6) is -1.22. The summed E-state index contributed by atoms with van der Waals surface area (Å²) in [4.78, 5) is 39.7. The van der Waals surface area contributed by atoms with Crippen molar-refractivity contribution in [3.8, 4) is 5.75 Å². The molecule has 0 aliphatic carbocycles. The van der Waals surface area contributed by atoms with Gasteiger partial charge in [-0.1, -0.05) is 58.0 Å². The number of phenolic OH excluding ortho intramolecular Hbond substituents is 1. The minimum Gasteiger partial charge on any atom is -0.508 e. The van der Waals surface area contributed by atoms with Crippen LogP contribution in [0.3, 0.4) is 0 Å². The van der Waals surface area contributed by atoms with E-state index >= 15 is 0 Å². The van der Waals surface area contributed by atoms with Crippen LogP contribution in [-0.4, -0.2) is 53.2 Å². The molecule has 2 aromatic rings. The quantitative estimate of drug-likeness (QED) is 0.357. The summed E-state index contributed by atoms with van der Waals surface area (Å²) >= 11 is 0. The molecule has 0 bridgehead atoms. The van der Waals surface area contributed by atoms with Gasteiger partial charge in [0.05, 0.1) is 12.1 Å². The Morgan fingerprint density at radius 2 is 1.82 bits per heavy atom. The van der Waals surface area contributed by atoms with E-state index < -0.39 is 24.0 Å². The lowest BCUT2D eigenvalue weighted by atomic mass is 9.91. The zero-order valence-electron chi connectivity index (χ0n) is 22.9. The summed E-state index contributed by atoms with van der Waals surface area (Å²) in [6, 6.07) is 13.2. The number of hydrogen-bond donors (Lipinski definition) is 4. The van der Waals surface area contributed by atoms with Crippen molar-refractivity contribution in [3.63, 3.8) is 0 Å². The standard InChI is InChI=1S/C30H41N3O5/c1-20(28(37)31-13-12-30(2,3)4)15-26(35)25(16-21-9-6-5-7-10-21)32-29(38)22-17-23(19-24(34)18-22)33-14-8-11-27(33)36/h5-7,9-10,17-20,25-26,34-35H,8,11-16H2,1-4H3,(H,31,37)(H,32,38)/t20?,25-,26?/m0/s1. The maximum absolute atomic E-state index is 13.3. The van der Waals surface area contributed by atoms with Gasteiger partial charge in [-0.2, -0.15) is 0 Å². The monoisotopic (exact) mass is 523 g/mol. The molecule has 0 spiro atoms. The maximum Gasteiger partial charge on any atom is 0.251 e. The molecule has 0 radical (unpaired) electrons. The van der Waals surface area contributed by atoms with Gasteiger partial charge in [0, 0.05) is 42.7 Å². The number of amides is 3. The number of aliphatic hydroxyl groups excluding tert-OH is 1. The van der Waals surface area contributed by atoms with E-state index in [4.69, 9.17) is 0 Å². The first kappa shape index (κ1) is 29.2.